The predicted octanol–water partition coefficient (Wildman–Crippen LogP) is 3.35. The van der Waals surface area contributed by atoms with Crippen molar-refractivity contribution in [3.8, 4) is 0 Å². The molecule has 1 saturated heterocycles. The lowest BCUT2D eigenvalue weighted by Crippen LogP contribution is -2.42. The van der Waals surface area contributed by atoms with Crippen LogP contribution < -0.4 is 0 Å². The van der Waals surface area contributed by atoms with Crippen molar-refractivity contribution < 1.29 is 5.11 Å². The number of piperidine rings is 1. The Hall–Kier alpha value is -1.64. The van der Waals surface area contributed by atoms with Gasteiger partial charge in [-0.25, -0.2) is 0 Å². The quantitative estimate of drug-likeness (QED) is 0.932. The highest BCUT2D eigenvalue weighted by Crippen LogP contribution is 2.29. The molecule has 0 bridgehead atoms. The van der Waals surface area contributed by atoms with Crippen molar-refractivity contribution in [2.75, 3.05) is 13.1 Å². The Bertz CT molecular complexity index is 564. The molecule has 2 nitrogen and oxygen atoms in total. The first-order valence-electron chi connectivity index (χ1n) is 7.73. The molecule has 1 N–H and O–H groups in total. The average molecular weight is 281 g/mol. The largest absolute Gasteiger partial charge is 0.391 e. The lowest BCUT2D eigenvalue weighted by atomic mass is 9.86. The molecule has 0 saturated carbocycles. The Kier molecular flexibility index (Phi) is 4.37. The minimum atomic E-state index is -0.273. The zero-order chi connectivity index (χ0) is 14.7. The van der Waals surface area contributed by atoms with Crippen molar-refractivity contribution >= 4 is 0 Å². The maximum Gasteiger partial charge on any atom is 0.0736 e. The molecule has 110 valence electrons. The molecule has 1 fully saturated rings. The Morgan fingerprint density at radius 3 is 2.43 bits per heavy atom. The number of likely N-dealkylation sites (tertiary alicyclic amines) is 1. The number of β-amino-alcohol motifs (C(OH)–C–C–N with tert-alkyl or cyclic N) is 1. The van der Waals surface area contributed by atoms with Crippen molar-refractivity contribution in [3.05, 3.63) is 71.3 Å². The van der Waals surface area contributed by atoms with Crippen LogP contribution in [0.4, 0.5) is 0 Å². The Labute approximate surface area is 127 Å². The molecule has 0 aliphatic carbocycles. The molecular weight excluding hydrogens is 258 g/mol. The molecule has 0 spiro atoms. The van der Waals surface area contributed by atoms with Gasteiger partial charge in [0.05, 0.1) is 6.10 Å². The monoisotopic (exact) mass is 281 g/mol. The molecule has 0 unspecified atom stereocenters. The highest BCUT2D eigenvalue weighted by Gasteiger charge is 2.28. The second-order valence-corrected chi connectivity index (χ2v) is 6.09. The molecule has 1 heterocycles. The second kappa shape index (κ2) is 6.42. The molecule has 2 atom stereocenters. The van der Waals surface area contributed by atoms with Gasteiger partial charge in [0.2, 0.25) is 0 Å². The van der Waals surface area contributed by atoms with Crippen LogP contribution in [0.15, 0.2) is 54.6 Å². The molecule has 2 heteroatoms. The summed E-state index contributed by atoms with van der Waals surface area (Å²) >= 11 is 0. The number of nitrogens with zero attached hydrogens (tertiary/aromatic N) is 1. The number of rotatable bonds is 3. The van der Waals surface area contributed by atoms with E-state index in [1.54, 1.807) is 0 Å². The third-order valence-electron chi connectivity index (χ3n) is 4.42. The van der Waals surface area contributed by atoms with Crippen LogP contribution in [-0.2, 0) is 6.54 Å². The van der Waals surface area contributed by atoms with Crippen LogP contribution in [0.25, 0.3) is 0 Å². The van der Waals surface area contributed by atoms with Gasteiger partial charge in [-0.2, -0.15) is 0 Å². The summed E-state index contributed by atoms with van der Waals surface area (Å²) in [5.74, 6) is 0.276. The first-order valence-corrected chi connectivity index (χ1v) is 7.73. The second-order valence-electron chi connectivity index (χ2n) is 6.09. The third-order valence-corrected chi connectivity index (χ3v) is 4.42. The highest BCUT2D eigenvalue weighted by atomic mass is 16.3. The van der Waals surface area contributed by atoms with Crippen LogP contribution in [0.2, 0.25) is 0 Å². The summed E-state index contributed by atoms with van der Waals surface area (Å²) in [5, 5.41) is 10.5. The molecule has 2 aromatic carbocycles. The van der Waals surface area contributed by atoms with Crippen molar-refractivity contribution in [2.24, 2.45) is 0 Å². The van der Waals surface area contributed by atoms with Crippen molar-refractivity contribution in [1.82, 2.24) is 4.90 Å². The maximum absolute atomic E-state index is 10.5. The first-order chi connectivity index (χ1) is 10.2. The lowest BCUT2D eigenvalue weighted by Gasteiger charge is -2.36. The molecule has 21 heavy (non-hydrogen) atoms. The minimum absolute atomic E-state index is 0.273. The normalized spacial score (nSPS) is 23.1. The number of benzene rings is 2. The van der Waals surface area contributed by atoms with E-state index in [4.69, 9.17) is 0 Å². The Morgan fingerprint density at radius 1 is 1.05 bits per heavy atom. The van der Waals surface area contributed by atoms with Crippen molar-refractivity contribution in [2.45, 2.75) is 31.9 Å². The van der Waals surface area contributed by atoms with E-state index in [0.29, 0.717) is 0 Å². The summed E-state index contributed by atoms with van der Waals surface area (Å²) < 4.78 is 0. The third kappa shape index (κ3) is 3.52. The SMILES string of the molecule is Cc1ccc([C@H]2CCN(Cc3ccccc3)C[C@@H]2O)cc1. The molecule has 1 aliphatic heterocycles. The summed E-state index contributed by atoms with van der Waals surface area (Å²) in [6.07, 6.45) is 0.752. The van der Waals surface area contributed by atoms with Crippen LogP contribution in [0.5, 0.6) is 0 Å². The molecule has 1 aliphatic rings. The van der Waals surface area contributed by atoms with Crippen molar-refractivity contribution in [3.63, 3.8) is 0 Å². The molecule has 0 amide bonds. The summed E-state index contributed by atoms with van der Waals surface area (Å²) in [4.78, 5) is 2.35. The van der Waals surface area contributed by atoms with Gasteiger partial charge >= 0.3 is 0 Å². The van der Waals surface area contributed by atoms with Gasteiger partial charge in [-0.3, -0.25) is 4.90 Å². The predicted molar refractivity (Wildman–Crippen MR) is 86.3 cm³/mol. The van der Waals surface area contributed by atoms with Crippen LogP contribution in [0, 0.1) is 6.92 Å². The van der Waals surface area contributed by atoms with Crippen LogP contribution >= 0.6 is 0 Å². The minimum Gasteiger partial charge on any atom is -0.391 e. The Morgan fingerprint density at radius 2 is 1.76 bits per heavy atom. The molecule has 2 aromatic rings. The maximum atomic E-state index is 10.5. The van der Waals surface area contributed by atoms with E-state index in [1.165, 1.54) is 16.7 Å². The number of hydrogen-bond acceptors (Lipinski definition) is 2. The van der Waals surface area contributed by atoms with Crippen LogP contribution in [0.1, 0.15) is 29.0 Å². The summed E-state index contributed by atoms with van der Waals surface area (Å²) in [7, 11) is 0. The molecule has 3 rings (SSSR count). The number of aryl methyl sites for hydroxylation is 1. The van der Waals surface area contributed by atoms with Gasteiger partial charge in [0.25, 0.3) is 0 Å². The fourth-order valence-electron chi connectivity index (χ4n) is 3.18. The Balaban J connectivity index is 1.63. The fraction of sp³-hybridized carbons (Fsp3) is 0.368. The van der Waals surface area contributed by atoms with Gasteiger partial charge in [-0.1, -0.05) is 60.2 Å². The first kappa shape index (κ1) is 14.3. The van der Waals surface area contributed by atoms with E-state index in [0.717, 1.165) is 26.1 Å². The van der Waals surface area contributed by atoms with Crippen LogP contribution in [-0.4, -0.2) is 29.2 Å². The van der Waals surface area contributed by atoms with E-state index in [9.17, 15) is 5.11 Å². The average Bonchev–Trinajstić information content (AvgIpc) is 2.50. The zero-order valence-corrected chi connectivity index (χ0v) is 12.6. The molecule has 0 radical (unpaired) electrons. The summed E-state index contributed by atoms with van der Waals surface area (Å²) in [5.41, 5.74) is 3.86. The van der Waals surface area contributed by atoms with E-state index in [1.807, 2.05) is 6.07 Å². The van der Waals surface area contributed by atoms with Gasteiger partial charge in [-0.15, -0.1) is 0 Å². The van der Waals surface area contributed by atoms with Gasteiger partial charge in [0, 0.05) is 19.0 Å². The number of hydrogen-bond donors (Lipinski definition) is 1. The van der Waals surface area contributed by atoms with Crippen molar-refractivity contribution in [1.29, 1.82) is 0 Å². The molecule has 0 aromatic heterocycles. The smallest absolute Gasteiger partial charge is 0.0736 e. The van der Waals surface area contributed by atoms with E-state index >= 15 is 0 Å². The van der Waals surface area contributed by atoms with Gasteiger partial charge in [-0.05, 0) is 31.0 Å². The fourth-order valence-corrected chi connectivity index (χ4v) is 3.18. The topological polar surface area (TPSA) is 23.5 Å². The standard InChI is InChI=1S/C19H23NO/c1-15-7-9-17(10-8-15)18-11-12-20(14-19(18)21)13-16-5-3-2-4-6-16/h2-10,18-19,21H,11-14H2,1H3/t18-,19+/m1/s1. The zero-order valence-electron chi connectivity index (χ0n) is 12.6. The van der Waals surface area contributed by atoms with Crippen LogP contribution in [0.3, 0.4) is 0 Å². The van der Waals surface area contributed by atoms with Gasteiger partial charge in [0.1, 0.15) is 0 Å². The van der Waals surface area contributed by atoms with E-state index in [2.05, 4.69) is 60.4 Å². The number of aliphatic hydroxyl groups excluding tert-OH is 1. The van der Waals surface area contributed by atoms with E-state index < -0.39 is 0 Å². The van der Waals surface area contributed by atoms with Gasteiger partial charge < -0.3 is 5.11 Å². The summed E-state index contributed by atoms with van der Waals surface area (Å²) in [6, 6.07) is 19.1. The number of aliphatic hydroxyl groups is 1. The summed E-state index contributed by atoms with van der Waals surface area (Å²) in [6.45, 7) is 4.83. The lowest BCUT2D eigenvalue weighted by molar-refractivity contribution is 0.0477. The highest BCUT2D eigenvalue weighted by molar-refractivity contribution is 5.26. The molecular formula is C19H23NO. The van der Waals surface area contributed by atoms with E-state index in [-0.39, 0.29) is 12.0 Å². The van der Waals surface area contributed by atoms with Gasteiger partial charge in [0.15, 0.2) is 0 Å².